The first-order chi connectivity index (χ1) is 14.3. The van der Waals surface area contributed by atoms with Crippen molar-refractivity contribution in [1.29, 1.82) is 0 Å². The maximum Gasteiger partial charge on any atom is 0.168 e. The number of hydrogen-bond acceptors (Lipinski definition) is 4. The second-order valence-electron chi connectivity index (χ2n) is 6.31. The molecule has 0 saturated heterocycles. The minimum Gasteiger partial charge on any atom is -0.457 e. The van der Waals surface area contributed by atoms with Gasteiger partial charge in [-0.15, -0.1) is 0 Å². The van der Waals surface area contributed by atoms with Gasteiger partial charge in [-0.2, -0.15) is 10.6 Å². The minimum atomic E-state index is -1.98. The summed E-state index contributed by atoms with van der Waals surface area (Å²) in [5, 5.41) is 0. The Bertz CT molecular complexity index is 848. The molecule has 2 aromatic rings. The van der Waals surface area contributed by atoms with E-state index in [1.165, 1.54) is 0 Å². The number of benzene rings is 2. The van der Waals surface area contributed by atoms with Gasteiger partial charge in [-0.05, 0) is 30.7 Å². The molecule has 2 radical (unpaired) electrons. The number of hydrogen-bond donors (Lipinski definition) is 0. The second-order valence-corrected chi connectivity index (χ2v) is 9.88. The summed E-state index contributed by atoms with van der Waals surface area (Å²) in [7, 11) is 7.11. The van der Waals surface area contributed by atoms with Crippen molar-refractivity contribution in [3.63, 3.8) is 0 Å². The highest BCUT2D eigenvalue weighted by molar-refractivity contribution is 9.10. The molecular weight excluding hydrogens is 463 g/mol. The Balaban J connectivity index is 0.00000106. The third kappa shape index (κ3) is 5.70. The smallest absolute Gasteiger partial charge is 0.168 e. The number of ether oxygens (including phenoxy) is 1. The van der Waals surface area contributed by atoms with Crippen molar-refractivity contribution in [2.45, 2.75) is 45.9 Å². The van der Waals surface area contributed by atoms with Crippen LogP contribution < -0.4 is 10.2 Å². The molecule has 0 heterocycles. The largest absolute Gasteiger partial charge is 0.457 e. The molecule has 1 unspecified atom stereocenters. The fourth-order valence-corrected chi connectivity index (χ4v) is 5.04. The van der Waals surface area contributed by atoms with E-state index >= 15 is 0 Å². The van der Waals surface area contributed by atoms with Crippen LogP contribution in [-0.4, -0.2) is 34.1 Å². The van der Waals surface area contributed by atoms with Gasteiger partial charge >= 0.3 is 0 Å². The molecule has 0 saturated carbocycles. The number of halogens is 1. The number of carbonyl (C=O) groups is 1. The standard InChI is InChI=1S/C19H20BBrO4S.2C2H6/c1-11-7-15-16(25-14-9-12(20)8-13(21)10-14)5-6-17(18(15)19(11)22)26(4,23-2)24-3;2*1-2/h5-6,8-11H,7H2,1-4H3;2*1-2H3. The van der Waals surface area contributed by atoms with Gasteiger partial charge in [-0.25, -0.2) is 0 Å². The molecule has 0 amide bonds. The van der Waals surface area contributed by atoms with Crippen molar-refractivity contribution in [2.75, 3.05) is 20.5 Å². The molecule has 0 aliphatic heterocycles. The van der Waals surface area contributed by atoms with E-state index < -0.39 is 10.6 Å². The molecule has 0 fully saturated rings. The van der Waals surface area contributed by atoms with Gasteiger partial charge in [0.15, 0.2) is 5.78 Å². The van der Waals surface area contributed by atoms with Crippen LogP contribution in [0.3, 0.4) is 0 Å². The van der Waals surface area contributed by atoms with Crippen LogP contribution in [-0.2, 0) is 14.8 Å². The molecule has 4 nitrogen and oxygen atoms in total. The van der Waals surface area contributed by atoms with Gasteiger partial charge in [-0.1, -0.05) is 62.1 Å². The summed E-state index contributed by atoms with van der Waals surface area (Å²) in [6, 6.07) is 9.15. The normalized spacial score (nSPS) is 15.4. The summed E-state index contributed by atoms with van der Waals surface area (Å²) in [5.41, 5.74) is 2.16. The lowest BCUT2D eigenvalue weighted by Crippen LogP contribution is -2.11. The van der Waals surface area contributed by atoms with Crippen molar-refractivity contribution < 1.29 is 17.9 Å². The zero-order valence-electron chi connectivity index (χ0n) is 19.2. The van der Waals surface area contributed by atoms with E-state index in [9.17, 15) is 4.79 Å². The topological polar surface area (TPSA) is 44.8 Å². The maximum absolute atomic E-state index is 12.8. The van der Waals surface area contributed by atoms with E-state index in [0.717, 1.165) is 14.9 Å². The molecule has 1 aliphatic carbocycles. The maximum atomic E-state index is 12.8. The molecule has 164 valence electrons. The summed E-state index contributed by atoms with van der Waals surface area (Å²) in [6.07, 6.45) is 2.51. The first kappa shape index (κ1) is 26.8. The number of Topliss-reactive ketones (excluding diaryl/α,β-unsaturated/α-hetero) is 1. The Morgan fingerprint density at radius 1 is 1.07 bits per heavy atom. The van der Waals surface area contributed by atoms with Crippen LogP contribution in [0.5, 0.6) is 11.5 Å². The molecule has 1 aliphatic rings. The first-order valence-corrected chi connectivity index (χ1v) is 12.8. The Hall–Kier alpha value is -1.28. The molecular formula is C23H32BBrO4S. The highest BCUT2D eigenvalue weighted by Crippen LogP contribution is 2.57. The lowest BCUT2D eigenvalue weighted by molar-refractivity contribution is 0.0943. The third-order valence-electron chi connectivity index (χ3n) is 4.59. The lowest BCUT2D eigenvalue weighted by Gasteiger charge is -2.38. The predicted molar refractivity (Wildman–Crippen MR) is 132 cm³/mol. The van der Waals surface area contributed by atoms with Crippen LogP contribution in [0.1, 0.15) is 50.5 Å². The predicted octanol–water partition coefficient (Wildman–Crippen LogP) is 6.38. The molecule has 0 aromatic heterocycles. The van der Waals surface area contributed by atoms with E-state index in [0.29, 0.717) is 28.9 Å². The van der Waals surface area contributed by atoms with Crippen molar-refractivity contribution in [3.8, 4) is 11.5 Å². The van der Waals surface area contributed by atoms with Gasteiger partial charge in [0, 0.05) is 27.8 Å². The van der Waals surface area contributed by atoms with Gasteiger partial charge in [0.2, 0.25) is 0 Å². The third-order valence-corrected chi connectivity index (χ3v) is 7.46. The number of fused-ring (bicyclic) bond motifs is 1. The quantitative estimate of drug-likeness (QED) is 0.452. The summed E-state index contributed by atoms with van der Waals surface area (Å²) < 4.78 is 18.1. The van der Waals surface area contributed by atoms with E-state index in [-0.39, 0.29) is 11.7 Å². The molecule has 0 spiro atoms. The minimum absolute atomic E-state index is 0.0987. The number of carbonyl (C=O) groups excluding carboxylic acids is 1. The van der Waals surface area contributed by atoms with Gasteiger partial charge in [0.1, 0.15) is 19.3 Å². The zero-order valence-corrected chi connectivity index (χ0v) is 21.6. The van der Waals surface area contributed by atoms with E-state index in [1.54, 1.807) is 26.4 Å². The Kier molecular flexibility index (Phi) is 10.6. The summed E-state index contributed by atoms with van der Waals surface area (Å²) in [6.45, 7) is 9.93. The van der Waals surface area contributed by atoms with Crippen LogP contribution >= 0.6 is 26.5 Å². The van der Waals surface area contributed by atoms with Gasteiger partial charge in [-0.3, -0.25) is 13.2 Å². The highest BCUT2D eigenvalue weighted by atomic mass is 79.9. The van der Waals surface area contributed by atoms with Crippen LogP contribution in [0.2, 0.25) is 0 Å². The molecule has 3 rings (SSSR count). The summed E-state index contributed by atoms with van der Waals surface area (Å²) in [5.74, 6) is 1.28. The molecule has 0 bridgehead atoms. The Morgan fingerprint density at radius 2 is 1.67 bits per heavy atom. The van der Waals surface area contributed by atoms with Gasteiger partial charge in [0.05, 0.1) is 19.1 Å². The fraction of sp³-hybridized carbons (Fsp3) is 0.435. The van der Waals surface area contributed by atoms with Gasteiger partial charge < -0.3 is 4.74 Å². The monoisotopic (exact) mass is 494 g/mol. The molecule has 1 atom stereocenters. The second kappa shape index (κ2) is 11.9. The first-order valence-electron chi connectivity index (χ1n) is 10.1. The van der Waals surface area contributed by atoms with Crippen LogP contribution in [0.15, 0.2) is 39.7 Å². The van der Waals surface area contributed by atoms with Crippen molar-refractivity contribution in [1.82, 2.24) is 0 Å². The van der Waals surface area contributed by atoms with Crippen LogP contribution in [0.4, 0.5) is 0 Å². The van der Waals surface area contributed by atoms with E-state index in [1.807, 2.05) is 59.1 Å². The lowest BCUT2D eigenvalue weighted by atomic mass is 9.96. The van der Waals surface area contributed by atoms with E-state index in [2.05, 4.69) is 15.9 Å². The van der Waals surface area contributed by atoms with Crippen molar-refractivity contribution in [2.24, 2.45) is 5.92 Å². The average molecular weight is 495 g/mol. The fourth-order valence-electron chi connectivity index (χ4n) is 3.15. The number of rotatable bonds is 5. The molecule has 2 aromatic carbocycles. The highest BCUT2D eigenvalue weighted by Gasteiger charge is 2.36. The average Bonchev–Trinajstić information content (AvgIpc) is 3.05. The molecule has 7 heteroatoms. The summed E-state index contributed by atoms with van der Waals surface area (Å²) >= 11 is 3.42. The van der Waals surface area contributed by atoms with Crippen LogP contribution in [0.25, 0.3) is 0 Å². The molecule has 0 N–H and O–H groups in total. The van der Waals surface area contributed by atoms with E-state index in [4.69, 9.17) is 20.9 Å². The van der Waals surface area contributed by atoms with Gasteiger partial charge in [0.25, 0.3) is 0 Å². The van der Waals surface area contributed by atoms with Crippen molar-refractivity contribution in [3.05, 3.63) is 45.9 Å². The Labute approximate surface area is 193 Å². The molecule has 30 heavy (non-hydrogen) atoms. The zero-order chi connectivity index (χ0) is 23.1. The number of ketones is 1. The SMILES string of the molecule is CC.CC.[B]c1cc(Br)cc(Oc2ccc(S(C)(OC)OC)c3c2CC(C)C3=O)c1. The van der Waals surface area contributed by atoms with Crippen molar-refractivity contribution >= 4 is 45.6 Å². The van der Waals surface area contributed by atoms with Crippen LogP contribution in [0, 0.1) is 5.92 Å². The summed E-state index contributed by atoms with van der Waals surface area (Å²) in [4.78, 5) is 13.6. The Morgan fingerprint density at radius 3 is 2.20 bits per heavy atom.